The smallest absolute Gasteiger partial charge is 0.259 e. The summed E-state index contributed by atoms with van der Waals surface area (Å²) >= 11 is 0. The number of rotatable bonds is 5. The molecule has 0 saturated carbocycles. The molecule has 8 heteroatoms. The third kappa shape index (κ3) is 4.38. The van der Waals surface area contributed by atoms with Gasteiger partial charge in [0.15, 0.2) is 11.5 Å². The highest BCUT2D eigenvalue weighted by Crippen LogP contribution is 2.33. The van der Waals surface area contributed by atoms with Gasteiger partial charge in [-0.1, -0.05) is 6.07 Å². The van der Waals surface area contributed by atoms with Gasteiger partial charge in [0, 0.05) is 58.1 Å². The van der Waals surface area contributed by atoms with Crippen LogP contribution >= 0.6 is 0 Å². The van der Waals surface area contributed by atoms with Crippen molar-refractivity contribution in [1.82, 2.24) is 19.7 Å². The molecule has 0 radical (unpaired) electrons. The van der Waals surface area contributed by atoms with Crippen molar-refractivity contribution in [3.05, 3.63) is 47.7 Å². The molecule has 1 atom stereocenters. The first-order valence-corrected chi connectivity index (χ1v) is 11.3. The van der Waals surface area contributed by atoms with Gasteiger partial charge in [-0.3, -0.25) is 14.6 Å². The van der Waals surface area contributed by atoms with Gasteiger partial charge in [0.2, 0.25) is 12.7 Å². The minimum Gasteiger partial charge on any atom is -0.480 e. The van der Waals surface area contributed by atoms with E-state index in [-0.39, 0.29) is 5.91 Å². The van der Waals surface area contributed by atoms with Gasteiger partial charge in [-0.25, -0.2) is 4.98 Å². The number of piperazine rings is 1. The quantitative estimate of drug-likeness (QED) is 0.709. The highest BCUT2D eigenvalue weighted by molar-refractivity contribution is 5.96. The zero-order valence-electron chi connectivity index (χ0n) is 18.5. The van der Waals surface area contributed by atoms with E-state index in [1.807, 2.05) is 11.0 Å². The van der Waals surface area contributed by atoms with Crippen LogP contribution in [0.15, 0.2) is 36.5 Å². The first-order valence-electron chi connectivity index (χ1n) is 11.3. The number of hydrogen-bond acceptors (Lipinski definition) is 7. The van der Waals surface area contributed by atoms with Gasteiger partial charge in [-0.15, -0.1) is 0 Å². The standard InChI is InChI=1S/C24H30N4O4/c1-30-23-20(5-2-8-25-23)24(29)28-9-3-4-19(16-28)27-12-10-26(11-13-27)15-18-6-7-21-22(14-18)32-17-31-21/h2,5-8,14,19H,3-4,9-13,15-17H2,1H3. The third-order valence-corrected chi connectivity index (χ3v) is 6.65. The minimum atomic E-state index is 0.0149. The number of amides is 1. The van der Waals surface area contributed by atoms with Gasteiger partial charge >= 0.3 is 0 Å². The number of piperidine rings is 1. The zero-order chi connectivity index (χ0) is 21.9. The van der Waals surface area contributed by atoms with Crippen LogP contribution in [0.1, 0.15) is 28.8 Å². The molecule has 4 heterocycles. The summed E-state index contributed by atoms with van der Waals surface area (Å²) in [4.78, 5) is 24.3. The Labute approximate surface area is 188 Å². The molecule has 1 aromatic heterocycles. The molecule has 32 heavy (non-hydrogen) atoms. The average Bonchev–Trinajstić information content (AvgIpc) is 3.32. The lowest BCUT2D eigenvalue weighted by atomic mass is 10.0. The molecule has 2 aromatic rings. The van der Waals surface area contributed by atoms with Gasteiger partial charge in [0.25, 0.3) is 5.91 Å². The van der Waals surface area contributed by atoms with Crippen LogP contribution in [0.3, 0.4) is 0 Å². The summed E-state index contributed by atoms with van der Waals surface area (Å²) in [5.41, 5.74) is 1.80. The van der Waals surface area contributed by atoms with Crippen molar-refractivity contribution in [1.29, 1.82) is 0 Å². The monoisotopic (exact) mass is 438 g/mol. The molecule has 3 aliphatic rings. The van der Waals surface area contributed by atoms with Crippen LogP contribution in [-0.2, 0) is 6.54 Å². The number of ether oxygens (including phenoxy) is 3. The van der Waals surface area contributed by atoms with Crippen LogP contribution in [-0.4, -0.2) is 84.8 Å². The van der Waals surface area contributed by atoms with E-state index in [4.69, 9.17) is 14.2 Å². The summed E-state index contributed by atoms with van der Waals surface area (Å²) in [6.45, 7) is 6.87. The third-order valence-electron chi connectivity index (χ3n) is 6.65. The number of likely N-dealkylation sites (tertiary alicyclic amines) is 1. The lowest BCUT2D eigenvalue weighted by Crippen LogP contribution is -2.55. The Morgan fingerprint density at radius 1 is 1.12 bits per heavy atom. The summed E-state index contributed by atoms with van der Waals surface area (Å²) in [6.07, 6.45) is 3.81. The van der Waals surface area contributed by atoms with E-state index in [9.17, 15) is 4.79 Å². The molecule has 0 spiro atoms. The summed E-state index contributed by atoms with van der Waals surface area (Å²) in [6, 6.07) is 10.2. The summed E-state index contributed by atoms with van der Waals surface area (Å²) in [7, 11) is 1.56. The Morgan fingerprint density at radius 2 is 1.97 bits per heavy atom. The summed E-state index contributed by atoms with van der Waals surface area (Å²) in [5, 5.41) is 0. The maximum Gasteiger partial charge on any atom is 0.259 e. The number of nitrogens with zero attached hydrogens (tertiary/aromatic N) is 4. The van der Waals surface area contributed by atoms with E-state index in [1.54, 1.807) is 25.4 Å². The summed E-state index contributed by atoms with van der Waals surface area (Å²) < 4.78 is 16.2. The van der Waals surface area contributed by atoms with Crippen molar-refractivity contribution in [2.75, 3.05) is 53.2 Å². The number of methoxy groups -OCH3 is 1. The molecule has 0 N–H and O–H groups in total. The molecule has 1 amide bonds. The van der Waals surface area contributed by atoms with Gasteiger partial charge in [0.1, 0.15) is 5.56 Å². The van der Waals surface area contributed by atoms with Crippen molar-refractivity contribution in [3.63, 3.8) is 0 Å². The molecule has 0 aliphatic carbocycles. The van der Waals surface area contributed by atoms with Crippen molar-refractivity contribution >= 4 is 5.91 Å². The predicted octanol–water partition coefficient (Wildman–Crippen LogP) is 2.24. The first kappa shape index (κ1) is 21.0. The lowest BCUT2D eigenvalue weighted by Gasteiger charge is -2.43. The predicted molar refractivity (Wildman–Crippen MR) is 119 cm³/mol. The maximum atomic E-state index is 13.1. The Balaban J connectivity index is 1.15. The molecule has 2 saturated heterocycles. The van der Waals surface area contributed by atoms with Gasteiger partial charge in [-0.05, 0) is 42.7 Å². The van der Waals surface area contributed by atoms with Crippen molar-refractivity contribution in [3.8, 4) is 17.4 Å². The van der Waals surface area contributed by atoms with Crippen LogP contribution in [0.4, 0.5) is 0 Å². The molecule has 1 unspecified atom stereocenters. The number of fused-ring (bicyclic) bond motifs is 1. The Bertz CT molecular complexity index is 961. The van der Waals surface area contributed by atoms with E-state index < -0.39 is 0 Å². The topological polar surface area (TPSA) is 67.4 Å². The van der Waals surface area contributed by atoms with Gasteiger partial charge in [0.05, 0.1) is 7.11 Å². The van der Waals surface area contributed by atoms with Crippen molar-refractivity contribution in [2.45, 2.75) is 25.4 Å². The molecule has 1 aromatic carbocycles. The number of carbonyl (C=O) groups excluding carboxylic acids is 1. The maximum absolute atomic E-state index is 13.1. The van der Waals surface area contributed by atoms with E-state index >= 15 is 0 Å². The highest BCUT2D eigenvalue weighted by Gasteiger charge is 2.31. The molecule has 5 rings (SSSR count). The van der Waals surface area contributed by atoms with Crippen molar-refractivity contribution in [2.24, 2.45) is 0 Å². The molecule has 0 bridgehead atoms. The molecule has 3 aliphatic heterocycles. The van der Waals surface area contributed by atoms with Gasteiger partial charge in [-0.2, -0.15) is 0 Å². The van der Waals surface area contributed by atoms with E-state index in [0.29, 0.717) is 24.3 Å². The number of pyridine rings is 1. The molecule has 2 fully saturated rings. The average molecular weight is 439 g/mol. The SMILES string of the molecule is COc1ncccc1C(=O)N1CCCC(N2CCN(Cc3ccc4c(c3)OCO4)CC2)C1. The normalized spacial score (nSPS) is 21.5. The molecular formula is C24H30N4O4. The summed E-state index contributed by atoms with van der Waals surface area (Å²) in [5.74, 6) is 2.09. The Kier molecular flexibility index (Phi) is 6.14. The van der Waals surface area contributed by atoms with Crippen molar-refractivity contribution < 1.29 is 19.0 Å². The Morgan fingerprint density at radius 3 is 2.81 bits per heavy atom. The fraction of sp³-hybridized carbons (Fsp3) is 0.500. The first-order chi connectivity index (χ1) is 15.7. The molecule has 170 valence electrons. The van der Waals surface area contributed by atoms with Crippen LogP contribution in [0.25, 0.3) is 0 Å². The molecular weight excluding hydrogens is 408 g/mol. The van der Waals surface area contributed by atoms with Crippen LogP contribution in [0, 0.1) is 0 Å². The highest BCUT2D eigenvalue weighted by atomic mass is 16.7. The van der Waals surface area contributed by atoms with E-state index in [2.05, 4.69) is 26.9 Å². The number of hydrogen-bond donors (Lipinski definition) is 0. The second-order valence-corrected chi connectivity index (χ2v) is 8.61. The van der Waals surface area contributed by atoms with Gasteiger partial charge < -0.3 is 19.1 Å². The Hall–Kier alpha value is -2.84. The fourth-order valence-electron chi connectivity index (χ4n) is 4.91. The number of benzene rings is 1. The number of carbonyl (C=O) groups is 1. The zero-order valence-corrected chi connectivity index (χ0v) is 18.5. The lowest BCUT2D eigenvalue weighted by molar-refractivity contribution is 0.0405. The van der Waals surface area contributed by atoms with E-state index in [1.165, 1.54) is 5.56 Å². The largest absolute Gasteiger partial charge is 0.480 e. The number of aromatic nitrogens is 1. The van der Waals surface area contributed by atoms with Crippen LogP contribution < -0.4 is 14.2 Å². The minimum absolute atomic E-state index is 0.0149. The molecule has 8 nitrogen and oxygen atoms in total. The second kappa shape index (κ2) is 9.34. The second-order valence-electron chi connectivity index (χ2n) is 8.61. The van der Waals surface area contributed by atoms with Crippen LogP contribution in [0.2, 0.25) is 0 Å². The fourth-order valence-corrected chi connectivity index (χ4v) is 4.91. The van der Waals surface area contributed by atoms with Crippen LogP contribution in [0.5, 0.6) is 17.4 Å². The van der Waals surface area contributed by atoms with E-state index in [0.717, 1.165) is 70.2 Å².